The highest BCUT2D eigenvalue weighted by Crippen LogP contribution is 2.06. The van der Waals surface area contributed by atoms with Crippen LogP contribution >= 0.6 is 12.2 Å². The summed E-state index contributed by atoms with van der Waals surface area (Å²) in [7, 11) is 4.09. The second-order valence-electron chi connectivity index (χ2n) is 5.80. The molecule has 0 radical (unpaired) electrons. The number of carbonyl (C=O) groups excluding carboxylic acids is 1. The lowest BCUT2D eigenvalue weighted by Crippen LogP contribution is -3.06. The molecule has 1 aromatic heterocycles. The molecule has 0 unspecified atom stereocenters. The Balaban J connectivity index is 2.29. The summed E-state index contributed by atoms with van der Waals surface area (Å²) in [5.41, 5.74) is 0.460. The lowest BCUT2D eigenvalue weighted by atomic mass is 10.2. The zero-order valence-electron chi connectivity index (χ0n) is 13.8. The first-order valence-corrected chi connectivity index (χ1v) is 8.13. The Kier molecular flexibility index (Phi) is 5.68. The largest absolute Gasteiger partial charge is 0.338 e. The van der Waals surface area contributed by atoms with Crippen LogP contribution in [0.25, 0.3) is 10.9 Å². The third kappa shape index (κ3) is 4.05. The van der Waals surface area contributed by atoms with Crippen LogP contribution in [0.4, 0.5) is 0 Å². The molecule has 0 atom stereocenters. The van der Waals surface area contributed by atoms with Gasteiger partial charge in [-0.2, -0.15) is 0 Å². The van der Waals surface area contributed by atoms with E-state index in [0.29, 0.717) is 24.0 Å². The second-order valence-corrected chi connectivity index (χ2v) is 6.18. The SMILES string of the molecule is CCN(CC[NH+](C)C)C(=O)Cn1c(=S)[nH]c2ccccc2c1=O. The number of likely N-dealkylation sites (N-methyl/N-ethyl adjacent to an activating group) is 2. The van der Waals surface area contributed by atoms with Gasteiger partial charge in [0, 0.05) is 6.54 Å². The predicted octanol–water partition coefficient (Wildman–Crippen LogP) is 0.0521. The number of amides is 1. The Labute approximate surface area is 140 Å². The molecule has 1 heterocycles. The Hall–Kier alpha value is -1.99. The quantitative estimate of drug-likeness (QED) is 0.734. The summed E-state index contributed by atoms with van der Waals surface area (Å²) in [6.07, 6.45) is 0. The third-order valence-electron chi connectivity index (χ3n) is 3.80. The summed E-state index contributed by atoms with van der Waals surface area (Å²) in [5, 5.41) is 0.537. The molecule has 0 aliphatic carbocycles. The van der Waals surface area contributed by atoms with Crippen molar-refractivity contribution in [3.63, 3.8) is 0 Å². The zero-order valence-corrected chi connectivity index (χ0v) is 14.6. The number of hydrogen-bond donors (Lipinski definition) is 2. The maximum Gasteiger partial charge on any atom is 0.262 e. The van der Waals surface area contributed by atoms with E-state index in [9.17, 15) is 9.59 Å². The zero-order chi connectivity index (χ0) is 17.0. The summed E-state index contributed by atoms with van der Waals surface area (Å²) < 4.78 is 1.61. The molecule has 0 aliphatic rings. The molecule has 2 N–H and O–H groups in total. The van der Waals surface area contributed by atoms with Crippen molar-refractivity contribution >= 4 is 29.0 Å². The monoisotopic (exact) mass is 335 g/mol. The number of aromatic amines is 1. The van der Waals surface area contributed by atoms with Crippen LogP contribution in [-0.2, 0) is 11.3 Å². The third-order valence-corrected chi connectivity index (χ3v) is 4.12. The van der Waals surface area contributed by atoms with E-state index in [1.54, 1.807) is 23.1 Å². The highest BCUT2D eigenvalue weighted by Gasteiger charge is 2.15. The summed E-state index contributed by atoms with van der Waals surface area (Å²) in [6, 6.07) is 7.17. The number of carbonyl (C=O) groups is 1. The van der Waals surface area contributed by atoms with Gasteiger partial charge in [-0.3, -0.25) is 14.2 Å². The maximum absolute atomic E-state index is 12.6. The van der Waals surface area contributed by atoms with E-state index in [1.807, 2.05) is 27.1 Å². The Morgan fingerprint density at radius 1 is 1.35 bits per heavy atom. The van der Waals surface area contributed by atoms with Gasteiger partial charge in [0.25, 0.3) is 5.56 Å². The molecule has 124 valence electrons. The molecule has 23 heavy (non-hydrogen) atoms. The average Bonchev–Trinajstić information content (AvgIpc) is 2.51. The van der Waals surface area contributed by atoms with Crippen molar-refractivity contribution in [2.45, 2.75) is 13.5 Å². The minimum absolute atomic E-state index is 0.0321. The molecule has 1 aromatic carbocycles. The highest BCUT2D eigenvalue weighted by atomic mass is 32.1. The number of quaternary nitrogens is 1. The lowest BCUT2D eigenvalue weighted by molar-refractivity contribution is -0.857. The smallest absolute Gasteiger partial charge is 0.262 e. The first-order chi connectivity index (χ1) is 10.9. The van der Waals surface area contributed by atoms with Crippen LogP contribution < -0.4 is 10.5 Å². The maximum atomic E-state index is 12.6. The van der Waals surface area contributed by atoms with Crippen molar-refractivity contribution in [3.05, 3.63) is 39.4 Å². The molecule has 0 aliphatic heterocycles. The van der Waals surface area contributed by atoms with E-state index in [2.05, 4.69) is 4.98 Å². The number of nitrogens with zero attached hydrogens (tertiary/aromatic N) is 2. The minimum atomic E-state index is -0.230. The standard InChI is InChI=1S/C16H22N4O2S/c1-4-19(10-9-18(2)3)14(21)11-20-15(22)12-7-5-6-8-13(12)17-16(20)23/h5-8H,4,9-11H2,1-3H3,(H,17,23)/p+1. The van der Waals surface area contributed by atoms with Crippen LogP contribution in [0.2, 0.25) is 0 Å². The summed E-state index contributed by atoms with van der Waals surface area (Å²) >= 11 is 5.25. The first-order valence-electron chi connectivity index (χ1n) is 7.72. The summed E-state index contributed by atoms with van der Waals surface area (Å²) in [6.45, 7) is 4.04. The molecule has 1 amide bonds. The average molecular weight is 335 g/mol. The Morgan fingerprint density at radius 2 is 2.04 bits per heavy atom. The Morgan fingerprint density at radius 3 is 2.70 bits per heavy atom. The number of aromatic nitrogens is 2. The number of benzene rings is 1. The predicted molar refractivity (Wildman–Crippen MR) is 93.3 cm³/mol. The van der Waals surface area contributed by atoms with Crippen LogP contribution in [0.5, 0.6) is 0 Å². The van der Waals surface area contributed by atoms with E-state index in [4.69, 9.17) is 12.2 Å². The fraction of sp³-hybridized carbons (Fsp3) is 0.438. The number of fused-ring (bicyclic) bond motifs is 1. The molecule has 6 nitrogen and oxygen atoms in total. The number of H-pyrrole nitrogens is 1. The van der Waals surface area contributed by atoms with Gasteiger partial charge in [0.15, 0.2) is 4.77 Å². The van der Waals surface area contributed by atoms with Crippen molar-refractivity contribution in [3.8, 4) is 0 Å². The van der Waals surface area contributed by atoms with Crippen LogP contribution in [0.15, 0.2) is 29.1 Å². The van der Waals surface area contributed by atoms with Gasteiger partial charge >= 0.3 is 0 Å². The van der Waals surface area contributed by atoms with Crippen molar-refractivity contribution < 1.29 is 9.69 Å². The van der Waals surface area contributed by atoms with E-state index < -0.39 is 0 Å². The van der Waals surface area contributed by atoms with E-state index >= 15 is 0 Å². The number of rotatable bonds is 6. The van der Waals surface area contributed by atoms with Crippen LogP contribution in [0, 0.1) is 4.77 Å². The fourth-order valence-corrected chi connectivity index (χ4v) is 2.65. The fourth-order valence-electron chi connectivity index (χ4n) is 2.40. The van der Waals surface area contributed by atoms with Crippen LogP contribution in [0.3, 0.4) is 0 Å². The number of nitrogens with one attached hydrogen (secondary N) is 2. The molecular weight excluding hydrogens is 312 g/mol. The lowest BCUT2D eigenvalue weighted by Gasteiger charge is -2.22. The molecule has 7 heteroatoms. The molecule has 0 saturated heterocycles. The van der Waals surface area contributed by atoms with Crippen LogP contribution in [-0.4, -0.2) is 54.1 Å². The minimum Gasteiger partial charge on any atom is -0.338 e. The van der Waals surface area contributed by atoms with E-state index in [1.165, 1.54) is 9.47 Å². The van der Waals surface area contributed by atoms with Gasteiger partial charge in [-0.25, -0.2) is 0 Å². The van der Waals surface area contributed by atoms with E-state index in [-0.39, 0.29) is 22.8 Å². The summed E-state index contributed by atoms with van der Waals surface area (Å²) in [5.74, 6) is -0.0920. The van der Waals surface area contributed by atoms with Crippen molar-refractivity contribution in [1.29, 1.82) is 0 Å². The van der Waals surface area contributed by atoms with Gasteiger partial charge < -0.3 is 14.8 Å². The van der Waals surface area contributed by atoms with Gasteiger partial charge in [-0.1, -0.05) is 12.1 Å². The van der Waals surface area contributed by atoms with Crippen LogP contribution in [0.1, 0.15) is 6.92 Å². The van der Waals surface area contributed by atoms with Gasteiger partial charge in [-0.15, -0.1) is 0 Å². The topological polar surface area (TPSA) is 62.5 Å². The molecular formula is C16H23N4O2S+. The van der Waals surface area contributed by atoms with Gasteiger partial charge in [-0.05, 0) is 31.3 Å². The van der Waals surface area contributed by atoms with Crippen molar-refractivity contribution in [1.82, 2.24) is 14.5 Å². The number of para-hydroxylation sites is 1. The van der Waals surface area contributed by atoms with Gasteiger partial charge in [0.05, 0.1) is 38.1 Å². The first kappa shape index (κ1) is 17.4. The number of hydrogen-bond acceptors (Lipinski definition) is 3. The molecule has 0 saturated carbocycles. The van der Waals surface area contributed by atoms with Crippen molar-refractivity contribution in [2.75, 3.05) is 33.7 Å². The molecule has 2 aromatic rings. The second kappa shape index (κ2) is 7.52. The molecule has 2 rings (SSSR count). The summed E-state index contributed by atoms with van der Waals surface area (Å²) in [4.78, 5) is 31.1. The highest BCUT2D eigenvalue weighted by molar-refractivity contribution is 7.71. The van der Waals surface area contributed by atoms with Gasteiger partial charge in [0.1, 0.15) is 6.54 Å². The molecule has 0 fully saturated rings. The Bertz CT molecular complexity index is 810. The van der Waals surface area contributed by atoms with E-state index in [0.717, 1.165) is 6.54 Å². The van der Waals surface area contributed by atoms with Gasteiger partial charge in [0.2, 0.25) is 5.91 Å². The van der Waals surface area contributed by atoms with Crippen molar-refractivity contribution in [2.24, 2.45) is 0 Å². The molecule has 0 spiro atoms. The molecule has 0 bridgehead atoms. The normalized spacial score (nSPS) is 11.1.